The molecule has 6 nitrogen and oxygen atoms in total. The van der Waals surface area contributed by atoms with E-state index in [4.69, 9.17) is 0 Å². The van der Waals surface area contributed by atoms with Crippen molar-refractivity contribution in [2.75, 3.05) is 12.8 Å². The Kier molecular flexibility index (Phi) is 8.49. The fraction of sp³-hybridized carbons (Fsp3) is 0.529. The highest BCUT2D eigenvalue weighted by atomic mass is 32.2. The number of thioether (sulfide) groups is 2. The third kappa shape index (κ3) is 6.46. The van der Waals surface area contributed by atoms with Gasteiger partial charge in [0.1, 0.15) is 10.9 Å². The molecule has 1 N–H and O–H groups in total. The standard InChI is InChI=1S/C17H23F2N5OS2/c1-11(2)10-24-13(22-23-17(24)26-3)7-5-8-20-14(25)12-6-4-9-21-15(12)27-16(18)19/h4,6,9,11,16H,5,7-8,10H2,1-3H3,(H,20,25). The van der Waals surface area contributed by atoms with Gasteiger partial charge in [0, 0.05) is 25.7 Å². The monoisotopic (exact) mass is 415 g/mol. The van der Waals surface area contributed by atoms with Crippen LogP contribution < -0.4 is 5.32 Å². The van der Waals surface area contributed by atoms with Gasteiger partial charge in [-0.05, 0) is 42.5 Å². The Morgan fingerprint density at radius 2 is 2.11 bits per heavy atom. The van der Waals surface area contributed by atoms with Crippen LogP contribution in [0.3, 0.4) is 0 Å². The lowest BCUT2D eigenvalue weighted by Gasteiger charge is -2.12. The molecule has 0 unspecified atom stereocenters. The van der Waals surface area contributed by atoms with Gasteiger partial charge in [0.15, 0.2) is 5.16 Å². The topological polar surface area (TPSA) is 72.7 Å². The van der Waals surface area contributed by atoms with Gasteiger partial charge >= 0.3 is 0 Å². The van der Waals surface area contributed by atoms with E-state index < -0.39 is 11.7 Å². The van der Waals surface area contributed by atoms with Crippen LogP contribution in [0.1, 0.15) is 36.5 Å². The molecule has 0 radical (unpaired) electrons. The number of carbonyl (C=O) groups is 1. The van der Waals surface area contributed by atoms with Crippen LogP contribution >= 0.6 is 23.5 Å². The highest BCUT2D eigenvalue weighted by Gasteiger charge is 2.17. The molecule has 0 aromatic carbocycles. The maximum absolute atomic E-state index is 12.6. The Hall–Kier alpha value is -1.68. The first kappa shape index (κ1) is 21.6. The van der Waals surface area contributed by atoms with Gasteiger partial charge in [-0.15, -0.1) is 10.2 Å². The number of nitrogens with zero attached hydrogens (tertiary/aromatic N) is 4. The molecule has 0 spiro atoms. The van der Waals surface area contributed by atoms with Crippen molar-refractivity contribution in [3.63, 3.8) is 0 Å². The maximum atomic E-state index is 12.6. The molecule has 2 rings (SSSR count). The van der Waals surface area contributed by atoms with Crippen molar-refractivity contribution in [3.8, 4) is 0 Å². The Bertz CT molecular complexity index is 755. The zero-order chi connectivity index (χ0) is 19.8. The van der Waals surface area contributed by atoms with Gasteiger partial charge in [-0.2, -0.15) is 8.78 Å². The van der Waals surface area contributed by atoms with E-state index in [2.05, 4.69) is 38.9 Å². The predicted octanol–water partition coefficient (Wildman–Crippen LogP) is 3.73. The van der Waals surface area contributed by atoms with E-state index in [1.807, 2.05) is 6.26 Å². The first-order valence-corrected chi connectivity index (χ1v) is 10.7. The maximum Gasteiger partial charge on any atom is 0.290 e. The fourth-order valence-electron chi connectivity index (χ4n) is 2.49. The SMILES string of the molecule is CSc1nnc(CCCNC(=O)c2cccnc2SC(F)F)n1CC(C)C. The molecule has 148 valence electrons. The number of hydrogen-bond acceptors (Lipinski definition) is 6. The van der Waals surface area contributed by atoms with Crippen LogP contribution in [0.4, 0.5) is 8.78 Å². The zero-order valence-corrected chi connectivity index (χ0v) is 17.1. The van der Waals surface area contributed by atoms with Gasteiger partial charge in [-0.1, -0.05) is 25.6 Å². The van der Waals surface area contributed by atoms with Crippen molar-refractivity contribution in [2.24, 2.45) is 5.92 Å². The number of aromatic nitrogens is 4. The molecule has 0 atom stereocenters. The Morgan fingerprint density at radius 1 is 1.33 bits per heavy atom. The highest BCUT2D eigenvalue weighted by molar-refractivity contribution is 7.99. The minimum Gasteiger partial charge on any atom is -0.352 e. The minimum absolute atomic E-state index is 0.0336. The summed E-state index contributed by atoms with van der Waals surface area (Å²) in [7, 11) is 0. The molecule has 2 heterocycles. The average Bonchev–Trinajstić information content (AvgIpc) is 2.99. The summed E-state index contributed by atoms with van der Waals surface area (Å²) in [5.41, 5.74) is 0.162. The zero-order valence-electron chi connectivity index (χ0n) is 15.5. The van der Waals surface area contributed by atoms with Crippen molar-refractivity contribution < 1.29 is 13.6 Å². The molecular weight excluding hydrogens is 392 g/mol. The molecule has 0 aliphatic rings. The van der Waals surface area contributed by atoms with Crippen molar-refractivity contribution in [1.29, 1.82) is 0 Å². The summed E-state index contributed by atoms with van der Waals surface area (Å²) >= 11 is 1.83. The minimum atomic E-state index is -2.62. The lowest BCUT2D eigenvalue weighted by atomic mass is 10.2. The molecule has 0 fully saturated rings. The van der Waals surface area contributed by atoms with E-state index in [0.717, 1.165) is 17.5 Å². The molecule has 0 saturated heterocycles. The van der Waals surface area contributed by atoms with Crippen molar-refractivity contribution in [1.82, 2.24) is 25.1 Å². The van der Waals surface area contributed by atoms with Gasteiger partial charge in [0.05, 0.1) is 5.56 Å². The van der Waals surface area contributed by atoms with Gasteiger partial charge in [0.2, 0.25) is 0 Å². The van der Waals surface area contributed by atoms with E-state index in [-0.39, 0.29) is 22.4 Å². The van der Waals surface area contributed by atoms with Crippen molar-refractivity contribution in [2.45, 2.75) is 49.2 Å². The number of pyridine rings is 1. The quantitative estimate of drug-likeness (QED) is 0.471. The van der Waals surface area contributed by atoms with E-state index in [1.54, 1.807) is 17.8 Å². The molecule has 0 aliphatic heterocycles. The summed E-state index contributed by atoms with van der Waals surface area (Å²) < 4.78 is 27.3. The van der Waals surface area contributed by atoms with Crippen LogP contribution in [-0.2, 0) is 13.0 Å². The lowest BCUT2D eigenvalue weighted by molar-refractivity contribution is 0.0949. The molecule has 1 amide bonds. The molecule has 2 aromatic heterocycles. The number of amides is 1. The predicted molar refractivity (Wildman–Crippen MR) is 103 cm³/mol. The molecule has 0 aliphatic carbocycles. The van der Waals surface area contributed by atoms with Crippen molar-refractivity contribution >= 4 is 29.4 Å². The number of aryl methyl sites for hydroxylation is 1. The number of halogens is 2. The first-order valence-electron chi connectivity index (χ1n) is 8.56. The van der Waals surface area contributed by atoms with E-state index in [0.29, 0.717) is 25.3 Å². The van der Waals surface area contributed by atoms with Gasteiger partial charge in [-0.3, -0.25) is 4.79 Å². The summed E-state index contributed by atoms with van der Waals surface area (Å²) in [5.74, 6) is -1.66. The van der Waals surface area contributed by atoms with Crippen LogP contribution in [0.15, 0.2) is 28.5 Å². The molecule has 10 heteroatoms. The summed E-state index contributed by atoms with van der Waals surface area (Å²) in [6.07, 6.45) is 4.71. The largest absolute Gasteiger partial charge is 0.352 e. The Labute approximate surface area is 165 Å². The number of alkyl halides is 2. The van der Waals surface area contributed by atoms with Crippen LogP contribution in [0.2, 0.25) is 0 Å². The van der Waals surface area contributed by atoms with Gasteiger partial charge in [-0.25, -0.2) is 4.98 Å². The second kappa shape index (κ2) is 10.6. The van der Waals surface area contributed by atoms with Crippen LogP contribution in [0.25, 0.3) is 0 Å². The average molecular weight is 416 g/mol. The number of rotatable bonds is 10. The molecule has 0 bridgehead atoms. The fourth-order valence-corrected chi connectivity index (χ4v) is 3.59. The Balaban J connectivity index is 1.91. The van der Waals surface area contributed by atoms with Crippen molar-refractivity contribution in [3.05, 3.63) is 29.7 Å². The highest BCUT2D eigenvalue weighted by Crippen LogP contribution is 2.26. The summed E-state index contributed by atoms with van der Waals surface area (Å²) in [6, 6.07) is 3.06. The first-order chi connectivity index (χ1) is 12.9. The van der Waals surface area contributed by atoms with Gasteiger partial charge < -0.3 is 9.88 Å². The second-order valence-corrected chi connectivity index (χ2v) is 7.95. The van der Waals surface area contributed by atoms with Crippen LogP contribution in [0.5, 0.6) is 0 Å². The normalized spacial score (nSPS) is 11.4. The third-order valence-electron chi connectivity index (χ3n) is 3.60. The molecular formula is C17H23F2N5OS2. The summed E-state index contributed by atoms with van der Waals surface area (Å²) in [5, 5.41) is 12.1. The third-order valence-corrected chi connectivity index (χ3v) is 5.00. The smallest absolute Gasteiger partial charge is 0.290 e. The number of carbonyl (C=O) groups excluding carboxylic acids is 1. The van der Waals surface area contributed by atoms with E-state index >= 15 is 0 Å². The summed E-state index contributed by atoms with van der Waals surface area (Å²) in [6.45, 7) is 5.53. The lowest BCUT2D eigenvalue weighted by Crippen LogP contribution is -2.26. The number of hydrogen-bond donors (Lipinski definition) is 1. The van der Waals surface area contributed by atoms with Crippen LogP contribution in [0, 0.1) is 5.92 Å². The van der Waals surface area contributed by atoms with Gasteiger partial charge in [0.25, 0.3) is 11.7 Å². The summed E-state index contributed by atoms with van der Waals surface area (Å²) in [4.78, 5) is 16.1. The van der Waals surface area contributed by atoms with E-state index in [9.17, 15) is 13.6 Å². The second-order valence-electron chi connectivity index (χ2n) is 6.20. The van der Waals surface area contributed by atoms with Crippen LogP contribution in [-0.4, -0.2) is 44.2 Å². The molecule has 27 heavy (non-hydrogen) atoms. The Morgan fingerprint density at radius 3 is 2.78 bits per heavy atom. The molecule has 0 saturated carbocycles. The van der Waals surface area contributed by atoms with E-state index in [1.165, 1.54) is 12.3 Å². The molecule has 2 aromatic rings. The number of nitrogens with one attached hydrogen (secondary N) is 1.